The van der Waals surface area contributed by atoms with Gasteiger partial charge in [-0.2, -0.15) is 5.10 Å². The summed E-state index contributed by atoms with van der Waals surface area (Å²) in [4.78, 5) is 17.3. The molecule has 0 saturated carbocycles. The zero-order chi connectivity index (χ0) is 18.5. The Hall–Kier alpha value is -2.73. The van der Waals surface area contributed by atoms with E-state index in [1.54, 1.807) is 15.4 Å². The Balaban J connectivity index is 1.60. The van der Waals surface area contributed by atoms with Gasteiger partial charge in [0.1, 0.15) is 5.82 Å². The van der Waals surface area contributed by atoms with E-state index in [2.05, 4.69) is 16.4 Å². The van der Waals surface area contributed by atoms with E-state index in [9.17, 15) is 4.79 Å². The second kappa shape index (κ2) is 8.31. The van der Waals surface area contributed by atoms with Crippen LogP contribution in [0.1, 0.15) is 36.6 Å². The highest BCUT2D eigenvalue weighted by Crippen LogP contribution is 2.23. The summed E-state index contributed by atoms with van der Waals surface area (Å²) in [6, 6.07) is 13.9. The van der Waals surface area contributed by atoms with Gasteiger partial charge in [0.2, 0.25) is 0 Å². The summed E-state index contributed by atoms with van der Waals surface area (Å²) < 4.78 is 3.43. The molecule has 1 saturated heterocycles. The molecule has 140 valence electrons. The maximum absolute atomic E-state index is 13.1. The second-order valence-corrected chi connectivity index (χ2v) is 7.04. The maximum atomic E-state index is 13.1. The Labute approximate surface area is 158 Å². The van der Waals surface area contributed by atoms with Gasteiger partial charge in [-0.1, -0.05) is 24.3 Å². The summed E-state index contributed by atoms with van der Waals surface area (Å²) in [7, 11) is 0. The van der Waals surface area contributed by atoms with Crippen molar-refractivity contribution in [2.75, 3.05) is 13.1 Å². The Morgan fingerprint density at radius 2 is 2.04 bits per heavy atom. The number of nitrogens with zero attached hydrogens (tertiary/aromatic N) is 4. The van der Waals surface area contributed by atoms with Gasteiger partial charge >= 0.3 is 5.69 Å². The van der Waals surface area contributed by atoms with Crippen molar-refractivity contribution >= 4 is 0 Å². The van der Waals surface area contributed by atoms with Crippen LogP contribution in [0.15, 0.2) is 59.7 Å². The molecule has 0 amide bonds. The molecule has 0 aliphatic carbocycles. The van der Waals surface area contributed by atoms with Crippen LogP contribution in [-0.2, 0) is 13.0 Å². The molecule has 2 aromatic heterocycles. The lowest BCUT2D eigenvalue weighted by Crippen LogP contribution is -2.31. The first kappa shape index (κ1) is 17.7. The standard InChI is InChI=1S/C21H25N5O/c27-21-25(14-6-8-17-7-4-12-22-15-17)24-20(18-9-5-13-23-16-18)26(21)19-10-2-1-3-11-19/h1-4,7,10-12,15,18,23H,5-6,8-9,13-14,16H2. The molecule has 1 aliphatic heterocycles. The minimum absolute atomic E-state index is 0.0482. The van der Waals surface area contributed by atoms with Crippen molar-refractivity contribution in [2.45, 2.75) is 38.1 Å². The lowest BCUT2D eigenvalue weighted by molar-refractivity contribution is 0.438. The van der Waals surface area contributed by atoms with Crippen LogP contribution in [-0.4, -0.2) is 32.4 Å². The van der Waals surface area contributed by atoms with E-state index in [0.717, 1.165) is 50.3 Å². The molecule has 0 bridgehead atoms. The van der Waals surface area contributed by atoms with Crippen LogP contribution in [0.25, 0.3) is 5.69 Å². The molecular formula is C21H25N5O. The van der Waals surface area contributed by atoms with E-state index in [4.69, 9.17) is 5.10 Å². The summed E-state index contributed by atoms with van der Waals surface area (Å²) in [6.45, 7) is 2.53. The third-order valence-corrected chi connectivity index (χ3v) is 5.10. The quantitative estimate of drug-likeness (QED) is 0.731. The maximum Gasteiger partial charge on any atom is 0.350 e. The van der Waals surface area contributed by atoms with E-state index in [-0.39, 0.29) is 11.6 Å². The molecule has 1 fully saturated rings. The average Bonchev–Trinajstić information content (AvgIpc) is 3.06. The van der Waals surface area contributed by atoms with Crippen molar-refractivity contribution in [3.8, 4) is 5.69 Å². The van der Waals surface area contributed by atoms with Crippen molar-refractivity contribution in [2.24, 2.45) is 0 Å². The van der Waals surface area contributed by atoms with Crippen LogP contribution in [0, 0.1) is 0 Å². The van der Waals surface area contributed by atoms with E-state index < -0.39 is 0 Å². The fourth-order valence-electron chi connectivity index (χ4n) is 3.71. The largest absolute Gasteiger partial charge is 0.350 e. The highest BCUT2D eigenvalue weighted by Gasteiger charge is 2.24. The number of benzene rings is 1. The van der Waals surface area contributed by atoms with Gasteiger partial charge in [-0.15, -0.1) is 0 Å². The van der Waals surface area contributed by atoms with E-state index in [0.29, 0.717) is 6.54 Å². The molecule has 3 heterocycles. The van der Waals surface area contributed by atoms with E-state index in [1.165, 1.54) is 5.56 Å². The van der Waals surface area contributed by atoms with E-state index in [1.807, 2.05) is 42.6 Å². The molecular weight excluding hydrogens is 338 g/mol. The van der Waals surface area contributed by atoms with Gasteiger partial charge in [0, 0.05) is 31.4 Å². The molecule has 0 spiro atoms. The molecule has 27 heavy (non-hydrogen) atoms. The molecule has 6 nitrogen and oxygen atoms in total. The van der Waals surface area contributed by atoms with Gasteiger partial charge in [-0.05, 0) is 56.0 Å². The number of hydrogen-bond acceptors (Lipinski definition) is 4. The number of aryl methyl sites for hydroxylation is 2. The molecule has 1 unspecified atom stereocenters. The number of para-hydroxylation sites is 1. The van der Waals surface area contributed by atoms with Crippen LogP contribution in [0.5, 0.6) is 0 Å². The van der Waals surface area contributed by atoms with Gasteiger partial charge in [0.25, 0.3) is 0 Å². The SMILES string of the molecule is O=c1n(CCCc2cccnc2)nc(C2CCCNC2)n1-c1ccccc1. The predicted octanol–water partition coefficient (Wildman–Crippen LogP) is 2.53. The molecule has 4 rings (SSSR count). The summed E-state index contributed by atoms with van der Waals surface area (Å²) in [6.07, 6.45) is 7.58. The van der Waals surface area contributed by atoms with Crippen molar-refractivity contribution in [1.82, 2.24) is 24.6 Å². The lowest BCUT2D eigenvalue weighted by Gasteiger charge is -2.22. The zero-order valence-corrected chi connectivity index (χ0v) is 15.4. The normalized spacial score (nSPS) is 17.1. The first-order valence-electron chi connectivity index (χ1n) is 9.68. The second-order valence-electron chi connectivity index (χ2n) is 7.04. The van der Waals surface area contributed by atoms with Crippen LogP contribution < -0.4 is 11.0 Å². The molecule has 1 aliphatic rings. The molecule has 0 radical (unpaired) electrons. The third-order valence-electron chi connectivity index (χ3n) is 5.10. The number of rotatable bonds is 6. The third kappa shape index (κ3) is 4.01. The minimum atomic E-state index is -0.0482. The van der Waals surface area contributed by atoms with Crippen LogP contribution >= 0.6 is 0 Å². The number of pyridine rings is 1. The smallest absolute Gasteiger partial charge is 0.316 e. The van der Waals surface area contributed by atoms with Crippen molar-refractivity contribution < 1.29 is 0 Å². The fraction of sp³-hybridized carbons (Fsp3) is 0.381. The molecule has 3 aromatic rings. The number of piperidine rings is 1. The van der Waals surface area contributed by atoms with Gasteiger partial charge in [-0.3, -0.25) is 4.98 Å². The van der Waals surface area contributed by atoms with E-state index >= 15 is 0 Å². The van der Waals surface area contributed by atoms with Crippen molar-refractivity contribution in [3.05, 3.63) is 76.7 Å². The molecule has 6 heteroatoms. The lowest BCUT2D eigenvalue weighted by atomic mass is 9.99. The Bertz CT molecular complexity index is 911. The Morgan fingerprint density at radius 3 is 2.78 bits per heavy atom. The highest BCUT2D eigenvalue weighted by atomic mass is 16.2. The molecule has 1 aromatic carbocycles. The zero-order valence-electron chi connectivity index (χ0n) is 15.4. The highest BCUT2D eigenvalue weighted by molar-refractivity contribution is 5.33. The van der Waals surface area contributed by atoms with Gasteiger partial charge in [0.05, 0.1) is 5.69 Å². The average molecular weight is 363 g/mol. The Morgan fingerprint density at radius 1 is 1.15 bits per heavy atom. The van der Waals surface area contributed by atoms with Crippen LogP contribution in [0.4, 0.5) is 0 Å². The summed E-state index contributed by atoms with van der Waals surface area (Å²) in [5.74, 6) is 1.14. The number of hydrogen-bond donors (Lipinski definition) is 1. The fourth-order valence-corrected chi connectivity index (χ4v) is 3.71. The first-order chi connectivity index (χ1) is 13.3. The molecule has 1 atom stereocenters. The monoisotopic (exact) mass is 363 g/mol. The molecule has 1 N–H and O–H groups in total. The predicted molar refractivity (Wildman–Crippen MR) is 105 cm³/mol. The van der Waals surface area contributed by atoms with Gasteiger partial charge < -0.3 is 5.32 Å². The van der Waals surface area contributed by atoms with Crippen molar-refractivity contribution in [3.63, 3.8) is 0 Å². The first-order valence-corrected chi connectivity index (χ1v) is 9.68. The summed E-state index contributed by atoms with van der Waals surface area (Å²) >= 11 is 0. The number of aromatic nitrogens is 4. The van der Waals surface area contributed by atoms with Crippen LogP contribution in [0.3, 0.4) is 0 Å². The minimum Gasteiger partial charge on any atom is -0.316 e. The number of nitrogens with one attached hydrogen (secondary N) is 1. The topological polar surface area (TPSA) is 64.7 Å². The summed E-state index contributed by atoms with van der Waals surface area (Å²) in [5.41, 5.74) is 2.03. The van der Waals surface area contributed by atoms with Crippen molar-refractivity contribution in [1.29, 1.82) is 0 Å². The van der Waals surface area contributed by atoms with Crippen LogP contribution in [0.2, 0.25) is 0 Å². The Kier molecular flexibility index (Phi) is 5.44. The summed E-state index contributed by atoms with van der Waals surface area (Å²) in [5, 5.41) is 8.19. The van der Waals surface area contributed by atoms with Gasteiger partial charge in [0.15, 0.2) is 0 Å². The van der Waals surface area contributed by atoms with Gasteiger partial charge in [-0.25, -0.2) is 14.0 Å².